The van der Waals surface area contributed by atoms with E-state index >= 15 is 0 Å². The van der Waals surface area contributed by atoms with Gasteiger partial charge in [-0.05, 0) is 24.3 Å². The summed E-state index contributed by atoms with van der Waals surface area (Å²) in [6, 6.07) is 6.16. The predicted molar refractivity (Wildman–Crippen MR) is 109 cm³/mol. The summed E-state index contributed by atoms with van der Waals surface area (Å²) in [7, 11) is -4.46. The maximum Gasteiger partial charge on any atom is 0.505 e. The molecule has 6 nitrogen and oxygen atoms in total. The zero-order valence-corrected chi connectivity index (χ0v) is 18.0. The van der Waals surface area contributed by atoms with Gasteiger partial charge >= 0.3 is 10.4 Å². The van der Waals surface area contributed by atoms with E-state index in [2.05, 4.69) is 9.97 Å². The van der Waals surface area contributed by atoms with E-state index in [9.17, 15) is 8.42 Å². The van der Waals surface area contributed by atoms with Crippen molar-refractivity contribution in [3.8, 4) is 10.4 Å². The summed E-state index contributed by atoms with van der Waals surface area (Å²) in [6.07, 6.45) is 0. The largest absolute Gasteiger partial charge is 0.505 e. The van der Waals surface area contributed by atoms with Crippen molar-refractivity contribution in [1.29, 1.82) is 0 Å². The van der Waals surface area contributed by atoms with Crippen molar-refractivity contribution >= 4 is 99.9 Å². The van der Waals surface area contributed by atoms with Crippen molar-refractivity contribution in [1.82, 2.24) is 9.97 Å². The number of nitrogens with zero attached hydrogens (tertiary/aromatic N) is 2. The molecule has 0 bridgehead atoms. The Balaban J connectivity index is 1.60. The molecule has 2 aromatic carbocycles. The molecule has 2 heterocycles. The van der Waals surface area contributed by atoms with Crippen LogP contribution in [0.15, 0.2) is 24.3 Å². The highest BCUT2D eigenvalue weighted by atomic mass is 35.5. The molecule has 4 aromatic rings. The van der Waals surface area contributed by atoms with Gasteiger partial charge < -0.3 is 8.37 Å². The molecule has 0 unspecified atom stereocenters. The number of hydrogen-bond donors (Lipinski definition) is 0. The molecule has 0 atom stereocenters. The Hall–Kier alpha value is -1.07. The summed E-state index contributed by atoms with van der Waals surface area (Å²) in [5.41, 5.74) is 0.896. The molecule has 0 aliphatic heterocycles. The fourth-order valence-electron chi connectivity index (χ4n) is 2.07. The summed E-state index contributed by atoms with van der Waals surface area (Å²) in [5.74, 6) is 0. The maximum absolute atomic E-state index is 12.2. The topological polar surface area (TPSA) is 78.4 Å². The van der Waals surface area contributed by atoms with E-state index in [0.717, 1.165) is 22.7 Å². The van der Waals surface area contributed by atoms with Crippen molar-refractivity contribution in [2.24, 2.45) is 0 Å². The lowest BCUT2D eigenvalue weighted by Gasteiger charge is -2.01. The summed E-state index contributed by atoms with van der Waals surface area (Å²) in [4.78, 5) is 8.10. The van der Waals surface area contributed by atoms with Gasteiger partial charge in [-0.1, -0.05) is 69.1 Å². The summed E-state index contributed by atoms with van der Waals surface area (Å²) < 4.78 is 35.4. The van der Waals surface area contributed by atoms with Crippen LogP contribution in [0.25, 0.3) is 20.4 Å². The average molecular weight is 502 g/mol. The van der Waals surface area contributed by atoms with Gasteiger partial charge in [-0.2, -0.15) is 0 Å². The molecular weight excluding hydrogens is 498 g/mol. The molecule has 0 N–H and O–H groups in total. The van der Waals surface area contributed by atoms with E-state index in [-0.39, 0.29) is 10.4 Å². The first-order chi connectivity index (χ1) is 12.7. The van der Waals surface area contributed by atoms with E-state index < -0.39 is 10.4 Å². The minimum atomic E-state index is -4.46. The van der Waals surface area contributed by atoms with Gasteiger partial charge in [0, 0.05) is 0 Å². The highest BCUT2D eigenvalue weighted by Crippen LogP contribution is 2.36. The molecule has 27 heavy (non-hydrogen) atoms. The van der Waals surface area contributed by atoms with Gasteiger partial charge in [0.2, 0.25) is 0 Å². The molecule has 2 aromatic heterocycles. The maximum atomic E-state index is 12.2. The van der Waals surface area contributed by atoms with Crippen molar-refractivity contribution in [3.05, 3.63) is 44.4 Å². The Bertz CT molecular complexity index is 1130. The molecule has 0 spiro atoms. The summed E-state index contributed by atoms with van der Waals surface area (Å²) >= 11 is 25.7. The first-order valence-electron chi connectivity index (χ1n) is 6.85. The molecule has 0 aliphatic rings. The van der Waals surface area contributed by atoms with E-state index in [0.29, 0.717) is 40.5 Å². The molecular formula is C14H4Cl4N2O4S3. The van der Waals surface area contributed by atoms with Crippen LogP contribution in [-0.2, 0) is 10.4 Å². The second kappa shape index (κ2) is 7.07. The van der Waals surface area contributed by atoms with Crippen LogP contribution < -0.4 is 8.37 Å². The van der Waals surface area contributed by atoms with Crippen LogP contribution in [0.5, 0.6) is 10.4 Å². The molecule has 4 rings (SSSR count). The standard InChI is InChI=1S/C14H4Cl4N2O4S3/c15-5-1-9-11(3-7(5)17)25-13(19-9)23-27(21,22)24-14-20-10-2-6(16)8(18)4-12(10)26-14/h1-4H. The highest BCUT2D eigenvalue weighted by Gasteiger charge is 2.22. The van der Waals surface area contributed by atoms with Crippen LogP contribution >= 0.6 is 69.1 Å². The van der Waals surface area contributed by atoms with Crippen LogP contribution in [0.1, 0.15) is 0 Å². The second-order valence-corrected chi connectivity index (χ2v) is 9.77. The monoisotopic (exact) mass is 500 g/mol. The zero-order chi connectivity index (χ0) is 19.3. The van der Waals surface area contributed by atoms with Crippen LogP contribution in [0, 0.1) is 0 Å². The fraction of sp³-hybridized carbons (Fsp3) is 0. The first-order valence-corrected chi connectivity index (χ1v) is 11.3. The van der Waals surface area contributed by atoms with Crippen molar-refractivity contribution in [2.75, 3.05) is 0 Å². The van der Waals surface area contributed by atoms with Gasteiger partial charge in [0.15, 0.2) is 0 Å². The van der Waals surface area contributed by atoms with Gasteiger partial charge in [0.05, 0.1) is 40.5 Å². The Kier molecular flexibility index (Phi) is 5.04. The minimum absolute atomic E-state index is 0.143. The zero-order valence-electron chi connectivity index (χ0n) is 12.6. The van der Waals surface area contributed by atoms with Crippen molar-refractivity contribution in [3.63, 3.8) is 0 Å². The number of rotatable bonds is 4. The van der Waals surface area contributed by atoms with E-state index in [1.807, 2.05) is 0 Å². The third kappa shape index (κ3) is 4.04. The molecule has 140 valence electrons. The SMILES string of the molecule is O=S(=O)(Oc1nc2cc(Cl)c(Cl)cc2s1)Oc1nc2cc(Cl)c(Cl)cc2s1. The molecule has 13 heteroatoms. The Morgan fingerprint density at radius 3 is 1.48 bits per heavy atom. The summed E-state index contributed by atoms with van der Waals surface area (Å²) in [6.45, 7) is 0. The Morgan fingerprint density at radius 2 is 1.07 bits per heavy atom. The minimum Gasteiger partial charge on any atom is -0.322 e. The lowest BCUT2D eigenvalue weighted by molar-refractivity contribution is 0.391. The third-order valence-corrected chi connectivity index (χ3v) is 7.34. The van der Waals surface area contributed by atoms with E-state index in [1.165, 1.54) is 12.1 Å². The average Bonchev–Trinajstić information content (AvgIpc) is 3.09. The van der Waals surface area contributed by atoms with E-state index in [1.54, 1.807) is 12.1 Å². The van der Waals surface area contributed by atoms with Gasteiger partial charge in [-0.3, -0.25) is 0 Å². The summed E-state index contributed by atoms with van der Waals surface area (Å²) in [5, 5.41) is 0.959. The molecule has 0 amide bonds. The molecule has 0 fully saturated rings. The smallest absolute Gasteiger partial charge is 0.322 e. The first kappa shape index (κ1) is 19.3. The van der Waals surface area contributed by atoms with Gasteiger partial charge in [-0.25, -0.2) is 9.97 Å². The van der Waals surface area contributed by atoms with Crippen LogP contribution in [-0.4, -0.2) is 18.4 Å². The Morgan fingerprint density at radius 1 is 0.704 bits per heavy atom. The van der Waals surface area contributed by atoms with Gasteiger partial charge in [0.1, 0.15) is 0 Å². The lowest BCUT2D eigenvalue weighted by Crippen LogP contribution is -2.16. The number of benzene rings is 2. The molecule has 0 saturated heterocycles. The van der Waals surface area contributed by atoms with Gasteiger partial charge in [-0.15, -0.1) is 8.42 Å². The van der Waals surface area contributed by atoms with Crippen LogP contribution in [0.4, 0.5) is 0 Å². The van der Waals surface area contributed by atoms with E-state index in [4.69, 9.17) is 54.8 Å². The normalized spacial score (nSPS) is 12.0. The number of hydrogen-bond acceptors (Lipinski definition) is 8. The number of aromatic nitrogens is 2. The second-order valence-electron chi connectivity index (χ2n) is 5.00. The fourth-order valence-corrected chi connectivity index (χ4v) is 5.51. The molecule has 0 aliphatic carbocycles. The third-order valence-electron chi connectivity index (χ3n) is 3.17. The highest BCUT2D eigenvalue weighted by molar-refractivity contribution is 7.82. The molecule has 0 saturated carbocycles. The molecule has 0 radical (unpaired) electrons. The number of fused-ring (bicyclic) bond motifs is 2. The lowest BCUT2D eigenvalue weighted by atomic mass is 10.3. The van der Waals surface area contributed by atoms with Crippen LogP contribution in [0.3, 0.4) is 0 Å². The van der Waals surface area contributed by atoms with Crippen molar-refractivity contribution in [2.45, 2.75) is 0 Å². The van der Waals surface area contributed by atoms with Gasteiger partial charge in [0.25, 0.3) is 10.4 Å². The number of halogens is 4. The quantitative estimate of drug-likeness (QED) is 0.330. The Labute approximate surface area is 180 Å². The van der Waals surface area contributed by atoms with Crippen molar-refractivity contribution < 1.29 is 16.8 Å². The predicted octanol–water partition coefficient (Wildman–Crippen LogP) is 6.22. The van der Waals surface area contributed by atoms with Crippen LogP contribution in [0.2, 0.25) is 20.1 Å². The number of thiazole rings is 2.